The maximum absolute atomic E-state index is 6.22. The van der Waals surface area contributed by atoms with Crippen molar-refractivity contribution in [2.75, 3.05) is 26.3 Å². The summed E-state index contributed by atoms with van der Waals surface area (Å²) in [5, 5.41) is 3.49. The molecular formula is C15H29NO2. The lowest BCUT2D eigenvalue weighted by Gasteiger charge is -2.43. The van der Waals surface area contributed by atoms with E-state index >= 15 is 0 Å². The first-order chi connectivity index (χ1) is 8.85. The lowest BCUT2D eigenvalue weighted by atomic mass is 9.77. The van der Waals surface area contributed by atoms with E-state index in [-0.39, 0.29) is 5.60 Å². The lowest BCUT2D eigenvalue weighted by molar-refractivity contribution is -0.143. The van der Waals surface area contributed by atoms with Gasteiger partial charge in [-0.15, -0.1) is 0 Å². The first kappa shape index (κ1) is 14.3. The Morgan fingerprint density at radius 1 is 1.22 bits per heavy atom. The number of hydrogen-bond acceptors (Lipinski definition) is 3. The predicted molar refractivity (Wildman–Crippen MR) is 73.9 cm³/mol. The molecule has 0 aromatic rings. The Morgan fingerprint density at radius 2 is 2.11 bits per heavy atom. The molecule has 3 nitrogen and oxygen atoms in total. The Bertz CT molecular complexity index is 223. The highest BCUT2D eigenvalue weighted by Crippen LogP contribution is 2.38. The van der Waals surface area contributed by atoms with E-state index in [1.165, 1.54) is 51.4 Å². The lowest BCUT2D eigenvalue weighted by Crippen LogP contribution is -2.44. The molecule has 0 aromatic carbocycles. The maximum Gasteiger partial charge on any atom is 0.0808 e. The largest absolute Gasteiger partial charge is 0.376 e. The quantitative estimate of drug-likeness (QED) is 0.677. The predicted octanol–water partition coefficient (Wildman–Crippen LogP) is 2.88. The normalized spacial score (nSPS) is 26.8. The average Bonchev–Trinajstić information content (AvgIpc) is 2.37. The van der Waals surface area contributed by atoms with Gasteiger partial charge in [0.05, 0.1) is 18.3 Å². The summed E-state index contributed by atoms with van der Waals surface area (Å²) in [5.41, 5.74) is 0.182. The summed E-state index contributed by atoms with van der Waals surface area (Å²) in [6.07, 6.45) is 10.3. The molecule has 1 aliphatic heterocycles. The molecule has 3 heteroatoms. The van der Waals surface area contributed by atoms with E-state index < -0.39 is 0 Å². The van der Waals surface area contributed by atoms with E-state index in [1.807, 2.05) is 0 Å². The molecule has 0 radical (unpaired) electrons. The van der Waals surface area contributed by atoms with Gasteiger partial charge in [0.1, 0.15) is 0 Å². The SMILES string of the molecule is CCCNCCC1(OCC2CCCCO2)CCC1. The Labute approximate surface area is 112 Å². The van der Waals surface area contributed by atoms with E-state index in [2.05, 4.69) is 12.2 Å². The van der Waals surface area contributed by atoms with Gasteiger partial charge in [-0.05, 0) is 64.5 Å². The van der Waals surface area contributed by atoms with Gasteiger partial charge >= 0.3 is 0 Å². The number of nitrogens with one attached hydrogen (secondary N) is 1. The minimum Gasteiger partial charge on any atom is -0.376 e. The van der Waals surface area contributed by atoms with Crippen LogP contribution in [0, 0.1) is 0 Å². The zero-order chi connectivity index (χ0) is 12.7. The smallest absolute Gasteiger partial charge is 0.0808 e. The summed E-state index contributed by atoms with van der Waals surface area (Å²) in [7, 11) is 0. The molecule has 1 saturated carbocycles. The van der Waals surface area contributed by atoms with E-state index in [0.717, 1.165) is 26.3 Å². The summed E-state index contributed by atoms with van der Waals surface area (Å²) in [5.74, 6) is 0. The first-order valence-electron chi connectivity index (χ1n) is 7.81. The Morgan fingerprint density at radius 3 is 2.72 bits per heavy atom. The summed E-state index contributed by atoms with van der Waals surface area (Å²) < 4.78 is 12.0. The van der Waals surface area contributed by atoms with Crippen molar-refractivity contribution in [1.82, 2.24) is 5.32 Å². The van der Waals surface area contributed by atoms with Crippen molar-refractivity contribution in [3.8, 4) is 0 Å². The van der Waals surface area contributed by atoms with E-state index in [1.54, 1.807) is 0 Å². The monoisotopic (exact) mass is 255 g/mol. The van der Waals surface area contributed by atoms with Gasteiger partial charge < -0.3 is 14.8 Å². The Balaban J connectivity index is 1.64. The van der Waals surface area contributed by atoms with Crippen LogP contribution in [0.25, 0.3) is 0 Å². The zero-order valence-corrected chi connectivity index (χ0v) is 11.9. The fourth-order valence-corrected chi connectivity index (χ4v) is 2.86. The van der Waals surface area contributed by atoms with Crippen LogP contribution in [0.4, 0.5) is 0 Å². The number of hydrogen-bond donors (Lipinski definition) is 1. The molecule has 106 valence electrons. The number of rotatable bonds is 8. The van der Waals surface area contributed by atoms with Crippen LogP contribution in [0.5, 0.6) is 0 Å². The van der Waals surface area contributed by atoms with E-state index in [4.69, 9.17) is 9.47 Å². The van der Waals surface area contributed by atoms with Gasteiger partial charge in [-0.3, -0.25) is 0 Å². The molecule has 18 heavy (non-hydrogen) atoms. The van der Waals surface area contributed by atoms with Gasteiger partial charge in [0.25, 0.3) is 0 Å². The van der Waals surface area contributed by atoms with Gasteiger partial charge in [0, 0.05) is 6.61 Å². The van der Waals surface area contributed by atoms with Crippen molar-refractivity contribution in [3.05, 3.63) is 0 Å². The third-order valence-electron chi connectivity index (χ3n) is 4.30. The molecule has 0 amide bonds. The molecule has 1 N–H and O–H groups in total. The molecule has 1 unspecified atom stereocenters. The highest BCUT2D eigenvalue weighted by Gasteiger charge is 2.38. The minimum absolute atomic E-state index is 0.182. The first-order valence-corrected chi connectivity index (χ1v) is 7.81. The van der Waals surface area contributed by atoms with Crippen molar-refractivity contribution in [2.24, 2.45) is 0 Å². The molecule has 1 saturated heterocycles. The fourth-order valence-electron chi connectivity index (χ4n) is 2.86. The van der Waals surface area contributed by atoms with Crippen molar-refractivity contribution >= 4 is 0 Å². The minimum atomic E-state index is 0.182. The molecular weight excluding hydrogens is 226 g/mol. The van der Waals surface area contributed by atoms with Crippen LogP contribution in [-0.2, 0) is 9.47 Å². The Kier molecular flexibility index (Phi) is 5.93. The van der Waals surface area contributed by atoms with Gasteiger partial charge in [0.2, 0.25) is 0 Å². The molecule has 0 aromatic heterocycles. The summed E-state index contributed by atoms with van der Waals surface area (Å²) in [6.45, 7) is 6.18. The molecule has 1 atom stereocenters. The molecule has 2 rings (SSSR count). The van der Waals surface area contributed by atoms with E-state index in [0.29, 0.717) is 6.10 Å². The van der Waals surface area contributed by atoms with Crippen molar-refractivity contribution in [2.45, 2.75) is 70.0 Å². The van der Waals surface area contributed by atoms with Crippen molar-refractivity contribution in [1.29, 1.82) is 0 Å². The summed E-state index contributed by atoms with van der Waals surface area (Å²) >= 11 is 0. The summed E-state index contributed by atoms with van der Waals surface area (Å²) in [4.78, 5) is 0. The highest BCUT2D eigenvalue weighted by atomic mass is 16.5. The molecule has 2 aliphatic rings. The van der Waals surface area contributed by atoms with Gasteiger partial charge in [0.15, 0.2) is 0 Å². The topological polar surface area (TPSA) is 30.5 Å². The third kappa shape index (κ3) is 4.22. The van der Waals surface area contributed by atoms with Crippen LogP contribution in [0.1, 0.15) is 58.3 Å². The molecule has 1 heterocycles. The molecule has 1 aliphatic carbocycles. The van der Waals surface area contributed by atoms with Crippen molar-refractivity contribution < 1.29 is 9.47 Å². The second kappa shape index (κ2) is 7.46. The van der Waals surface area contributed by atoms with Gasteiger partial charge in [-0.25, -0.2) is 0 Å². The van der Waals surface area contributed by atoms with Crippen molar-refractivity contribution in [3.63, 3.8) is 0 Å². The highest BCUT2D eigenvalue weighted by molar-refractivity contribution is 4.90. The zero-order valence-electron chi connectivity index (χ0n) is 11.9. The van der Waals surface area contributed by atoms with Crippen LogP contribution >= 0.6 is 0 Å². The molecule has 0 spiro atoms. The van der Waals surface area contributed by atoms with E-state index in [9.17, 15) is 0 Å². The Hall–Kier alpha value is -0.120. The van der Waals surface area contributed by atoms with Crippen LogP contribution < -0.4 is 5.32 Å². The average molecular weight is 255 g/mol. The fraction of sp³-hybridized carbons (Fsp3) is 1.00. The number of ether oxygens (including phenoxy) is 2. The molecule has 0 bridgehead atoms. The van der Waals surface area contributed by atoms with Crippen LogP contribution in [0.3, 0.4) is 0 Å². The maximum atomic E-state index is 6.22. The third-order valence-corrected chi connectivity index (χ3v) is 4.30. The summed E-state index contributed by atoms with van der Waals surface area (Å²) in [6, 6.07) is 0. The standard InChI is InChI=1S/C15H29NO2/c1-2-10-16-11-9-15(7-5-8-15)18-13-14-6-3-4-12-17-14/h14,16H,2-13H2,1H3. The van der Waals surface area contributed by atoms with Gasteiger partial charge in [-0.1, -0.05) is 6.92 Å². The second-order valence-electron chi connectivity index (χ2n) is 5.84. The second-order valence-corrected chi connectivity index (χ2v) is 5.84. The van der Waals surface area contributed by atoms with Crippen LogP contribution in [0.15, 0.2) is 0 Å². The van der Waals surface area contributed by atoms with Gasteiger partial charge in [-0.2, -0.15) is 0 Å². The van der Waals surface area contributed by atoms with Crippen LogP contribution in [-0.4, -0.2) is 38.0 Å². The van der Waals surface area contributed by atoms with Crippen LogP contribution in [0.2, 0.25) is 0 Å². The molecule has 2 fully saturated rings.